The molecule has 0 aromatic heterocycles. The molecule has 0 radical (unpaired) electrons. The summed E-state index contributed by atoms with van der Waals surface area (Å²) in [5.41, 5.74) is 5.87. The van der Waals surface area contributed by atoms with Crippen molar-refractivity contribution in [2.45, 2.75) is 25.8 Å². The number of amides is 1. The number of para-hydroxylation sites is 1. The van der Waals surface area contributed by atoms with Crippen molar-refractivity contribution in [3.05, 3.63) is 99.5 Å². The van der Waals surface area contributed by atoms with Crippen molar-refractivity contribution < 1.29 is 4.79 Å². The molecule has 3 aromatic carbocycles. The molecule has 1 aliphatic heterocycles. The fourth-order valence-corrected chi connectivity index (χ4v) is 3.99. The van der Waals surface area contributed by atoms with Crippen molar-refractivity contribution in [3.63, 3.8) is 0 Å². The molecule has 2 nitrogen and oxygen atoms in total. The van der Waals surface area contributed by atoms with Gasteiger partial charge >= 0.3 is 0 Å². The van der Waals surface area contributed by atoms with Gasteiger partial charge in [-0.1, -0.05) is 70.5 Å². The second-order valence-corrected chi connectivity index (χ2v) is 7.60. The van der Waals surface area contributed by atoms with E-state index in [1.54, 1.807) is 0 Å². The Morgan fingerprint density at radius 2 is 1.58 bits per heavy atom. The second-order valence-electron chi connectivity index (χ2n) is 6.68. The maximum Gasteiger partial charge on any atom is 0.231 e. The van der Waals surface area contributed by atoms with Crippen molar-refractivity contribution in [1.82, 2.24) is 0 Å². The van der Waals surface area contributed by atoms with E-state index in [2.05, 4.69) is 52.3 Å². The van der Waals surface area contributed by atoms with E-state index in [0.717, 1.165) is 28.6 Å². The Kier molecular flexibility index (Phi) is 4.89. The lowest BCUT2D eigenvalue weighted by atomic mass is 9.95. The number of fused-ring (bicyclic) bond motifs is 2. The molecule has 130 valence electrons. The number of carbonyl (C=O) groups excluding carboxylic acids is 1. The van der Waals surface area contributed by atoms with Crippen molar-refractivity contribution in [1.29, 1.82) is 0 Å². The third-order valence-electron chi connectivity index (χ3n) is 4.94. The number of anilines is 1. The lowest BCUT2D eigenvalue weighted by molar-refractivity contribution is -0.118. The molecule has 3 heteroatoms. The average Bonchev–Trinajstić information content (AvgIpc) is 2.65. The van der Waals surface area contributed by atoms with Gasteiger partial charge in [-0.25, -0.2) is 0 Å². The largest absolute Gasteiger partial charge is 0.307 e. The number of halogens is 1. The molecule has 1 heterocycles. The van der Waals surface area contributed by atoms with Crippen LogP contribution in [0.15, 0.2) is 77.3 Å². The smallest absolute Gasteiger partial charge is 0.231 e. The summed E-state index contributed by atoms with van der Waals surface area (Å²) in [6, 6.07) is 24.6. The van der Waals surface area contributed by atoms with E-state index in [-0.39, 0.29) is 5.91 Å². The van der Waals surface area contributed by atoms with Crippen LogP contribution in [0.2, 0.25) is 0 Å². The van der Waals surface area contributed by atoms with Crippen LogP contribution in [0.4, 0.5) is 5.69 Å². The minimum atomic E-state index is 0.138. The third kappa shape index (κ3) is 3.58. The lowest BCUT2D eigenvalue weighted by Gasteiger charge is -2.29. The standard InChI is InChI=1S/C23H20BrNO/c24-21-13-12-20-16-25(23(26)14-17-6-2-1-3-7-17)22-9-5-4-8-18(22)10-11-19(20)15-21/h1-9,12-13,15H,10-11,14,16H2. The van der Waals surface area contributed by atoms with Gasteiger partial charge in [0.15, 0.2) is 0 Å². The van der Waals surface area contributed by atoms with Gasteiger partial charge in [0, 0.05) is 10.2 Å². The predicted molar refractivity (Wildman–Crippen MR) is 109 cm³/mol. The minimum absolute atomic E-state index is 0.138. The first-order valence-corrected chi connectivity index (χ1v) is 9.69. The number of aryl methyl sites for hydroxylation is 2. The van der Waals surface area contributed by atoms with E-state index in [4.69, 9.17) is 0 Å². The van der Waals surface area contributed by atoms with Crippen LogP contribution < -0.4 is 4.90 Å². The zero-order valence-electron chi connectivity index (χ0n) is 14.5. The molecule has 0 spiro atoms. The van der Waals surface area contributed by atoms with E-state index in [9.17, 15) is 4.79 Å². The first-order valence-electron chi connectivity index (χ1n) is 8.90. The summed E-state index contributed by atoms with van der Waals surface area (Å²) in [4.78, 5) is 15.1. The van der Waals surface area contributed by atoms with E-state index in [1.165, 1.54) is 16.7 Å². The number of hydrogen-bond donors (Lipinski definition) is 0. The maximum atomic E-state index is 13.2. The quantitative estimate of drug-likeness (QED) is 0.564. The molecule has 0 aliphatic carbocycles. The van der Waals surface area contributed by atoms with Gasteiger partial charge in [-0.15, -0.1) is 0 Å². The third-order valence-corrected chi connectivity index (χ3v) is 5.44. The first kappa shape index (κ1) is 17.0. The summed E-state index contributed by atoms with van der Waals surface area (Å²) in [6.07, 6.45) is 2.35. The highest BCUT2D eigenvalue weighted by molar-refractivity contribution is 9.10. The van der Waals surface area contributed by atoms with E-state index in [0.29, 0.717) is 13.0 Å². The van der Waals surface area contributed by atoms with Crippen molar-refractivity contribution in [2.24, 2.45) is 0 Å². The molecular weight excluding hydrogens is 386 g/mol. The summed E-state index contributed by atoms with van der Waals surface area (Å²) >= 11 is 3.57. The number of benzene rings is 3. The number of rotatable bonds is 2. The Labute approximate surface area is 162 Å². The van der Waals surface area contributed by atoms with Crippen LogP contribution in [-0.2, 0) is 30.6 Å². The highest BCUT2D eigenvalue weighted by Gasteiger charge is 2.22. The predicted octanol–water partition coefficient (Wildman–Crippen LogP) is 5.32. The summed E-state index contributed by atoms with van der Waals surface area (Å²) in [5, 5.41) is 0. The highest BCUT2D eigenvalue weighted by atomic mass is 79.9. The van der Waals surface area contributed by atoms with E-state index >= 15 is 0 Å². The maximum absolute atomic E-state index is 13.2. The van der Waals surface area contributed by atoms with E-state index < -0.39 is 0 Å². The Morgan fingerprint density at radius 1 is 0.846 bits per heavy atom. The SMILES string of the molecule is O=C(Cc1ccccc1)N1Cc2ccc(Br)cc2CCc2ccccc21. The Morgan fingerprint density at radius 3 is 2.42 bits per heavy atom. The summed E-state index contributed by atoms with van der Waals surface area (Å²) in [5.74, 6) is 0.138. The molecule has 0 saturated carbocycles. The molecule has 1 amide bonds. The molecule has 1 aliphatic rings. The summed E-state index contributed by atoms with van der Waals surface area (Å²) < 4.78 is 1.09. The summed E-state index contributed by atoms with van der Waals surface area (Å²) in [6.45, 7) is 0.616. The molecular formula is C23H20BrNO. The van der Waals surface area contributed by atoms with Crippen LogP contribution in [0.25, 0.3) is 0 Å². The van der Waals surface area contributed by atoms with Gasteiger partial charge in [0.2, 0.25) is 5.91 Å². The zero-order valence-corrected chi connectivity index (χ0v) is 16.1. The molecule has 0 fully saturated rings. The van der Waals surface area contributed by atoms with Crippen LogP contribution in [0.1, 0.15) is 22.3 Å². The van der Waals surface area contributed by atoms with Crippen molar-refractivity contribution in [3.8, 4) is 0 Å². The molecule has 0 atom stereocenters. The minimum Gasteiger partial charge on any atom is -0.307 e. The van der Waals surface area contributed by atoms with Gasteiger partial charge in [-0.3, -0.25) is 4.79 Å². The molecule has 0 unspecified atom stereocenters. The fourth-order valence-electron chi connectivity index (χ4n) is 3.58. The summed E-state index contributed by atoms with van der Waals surface area (Å²) in [7, 11) is 0. The first-order chi connectivity index (χ1) is 12.7. The molecule has 26 heavy (non-hydrogen) atoms. The van der Waals surface area contributed by atoms with Crippen LogP contribution >= 0.6 is 15.9 Å². The van der Waals surface area contributed by atoms with Gasteiger partial charge < -0.3 is 4.90 Å². The van der Waals surface area contributed by atoms with Gasteiger partial charge in [0.05, 0.1) is 13.0 Å². The molecule has 4 rings (SSSR count). The van der Waals surface area contributed by atoms with E-state index in [1.807, 2.05) is 41.3 Å². The molecule has 0 N–H and O–H groups in total. The number of carbonyl (C=O) groups is 1. The number of nitrogens with zero attached hydrogens (tertiary/aromatic N) is 1. The topological polar surface area (TPSA) is 20.3 Å². The average molecular weight is 406 g/mol. The van der Waals surface area contributed by atoms with Crippen LogP contribution in [0.5, 0.6) is 0 Å². The van der Waals surface area contributed by atoms with Gasteiger partial charge in [0.25, 0.3) is 0 Å². The van der Waals surface area contributed by atoms with Gasteiger partial charge in [-0.2, -0.15) is 0 Å². The molecule has 0 bridgehead atoms. The highest BCUT2D eigenvalue weighted by Crippen LogP contribution is 2.30. The Bertz CT molecular complexity index is 936. The number of hydrogen-bond acceptors (Lipinski definition) is 1. The zero-order chi connectivity index (χ0) is 17.9. The van der Waals surface area contributed by atoms with Gasteiger partial charge in [-0.05, 0) is 53.3 Å². The fraction of sp³-hybridized carbons (Fsp3) is 0.174. The Hall–Kier alpha value is -2.39. The normalized spacial score (nSPS) is 13.3. The second kappa shape index (κ2) is 7.46. The monoisotopic (exact) mass is 405 g/mol. The van der Waals surface area contributed by atoms with Gasteiger partial charge in [0.1, 0.15) is 0 Å². The molecule has 3 aromatic rings. The van der Waals surface area contributed by atoms with Crippen molar-refractivity contribution >= 4 is 27.5 Å². The van der Waals surface area contributed by atoms with Crippen LogP contribution in [-0.4, -0.2) is 5.91 Å². The van der Waals surface area contributed by atoms with Crippen LogP contribution in [0, 0.1) is 0 Å². The lowest BCUT2D eigenvalue weighted by Crippen LogP contribution is -2.33. The van der Waals surface area contributed by atoms with Crippen molar-refractivity contribution in [2.75, 3.05) is 4.90 Å². The van der Waals surface area contributed by atoms with Crippen LogP contribution in [0.3, 0.4) is 0 Å². The Balaban J connectivity index is 1.72. The molecule has 0 saturated heterocycles.